The molecular formula is C15H14BrF2NO. The van der Waals surface area contributed by atoms with E-state index < -0.39 is 23.7 Å². The van der Waals surface area contributed by atoms with Crippen molar-refractivity contribution in [1.82, 2.24) is 0 Å². The first-order valence-electron chi connectivity index (χ1n) is 6.12. The number of rotatable bonds is 4. The average molecular weight is 342 g/mol. The number of nitrogens with two attached hydrogens (primary N) is 1. The molecule has 0 heterocycles. The third-order valence-corrected chi connectivity index (χ3v) is 3.94. The van der Waals surface area contributed by atoms with Gasteiger partial charge in [-0.25, -0.2) is 8.78 Å². The molecule has 0 saturated carbocycles. The maximum Gasteiger partial charge on any atom is 0.129 e. The molecule has 2 atom stereocenters. The van der Waals surface area contributed by atoms with Crippen LogP contribution in [0, 0.1) is 11.6 Å². The minimum Gasteiger partial charge on any atom is -0.388 e. The predicted molar refractivity (Wildman–Crippen MR) is 77.3 cm³/mol. The van der Waals surface area contributed by atoms with Gasteiger partial charge in [0.1, 0.15) is 11.6 Å². The fraction of sp³-hybridized carbons (Fsp3) is 0.200. The number of halogens is 3. The molecule has 0 bridgehead atoms. The summed E-state index contributed by atoms with van der Waals surface area (Å²) in [5.74, 6) is -2.00. The summed E-state index contributed by atoms with van der Waals surface area (Å²) in [6.45, 7) is 0.0467. The fourth-order valence-corrected chi connectivity index (χ4v) is 2.68. The first kappa shape index (κ1) is 15.1. The Hall–Kier alpha value is -1.30. The zero-order valence-electron chi connectivity index (χ0n) is 10.6. The van der Waals surface area contributed by atoms with Crippen LogP contribution in [-0.2, 0) is 0 Å². The van der Waals surface area contributed by atoms with Crippen molar-refractivity contribution in [2.75, 3.05) is 6.54 Å². The van der Waals surface area contributed by atoms with E-state index >= 15 is 0 Å². The Morgan fingerprint density at radius 3 is 2.40 bits per heavy atom. The van der Waals surface area contributed by atoms with E-state index in [2.05, 4.69) is 15.9 Å². The third kappa shape index (κ3) is 3.06. The lowest BCUT2D eigenvalue weighted by atomic mass is 9.89. The summed E-state index contributed by atoms with van der Waals surface area (Å²) >= 11 is 3.34. The molecule has 0 fully saturated rings. The Labute approximate surface area is 124 Å². The van der Waals surface area contributed by atoms with Crippen LogP contribution in [0.4, 0.5) is 8.78 Å². The zero-order chi connectivity index (χ0) is 14.7. The molecule has 0 saturated heterocycles. The Kier molecular flexibility index (Phi) is 4.86. The molecule has 0 amide bonds. The quantitative estimate of drug-likeness (QED) is 0.893. The van der Waals surface area contributed by atoms with Gasteiger partial charge >= 0.3 is 0 Å². The summed E-state index contributed by atoms with van der Waals surface area (Å²) in [7, 11) is 0. The molecule has 106 valence electrons. The van der Waals surface area contributed by atoms with Crippen molar-refractivity contribution < 1.29 is 13.9 Å². The van der Waals surface area contributed by atoms with Gasteiger partial charge in [0.25, 0.3) is 0 Å². The molecule has 20 heavy (non-hydrogen) atoms. The van der Waals surface area contributed by atoms with Crippen LogP contribution in [0.2, 0.25) is 0 Å². The second-order valence-electron chi connectivity index (χ2n) is 4.47. The van der Waals surface area contributed by atoms with Gasteiger partial charge in [0, 0.05) is 23.0 Å². The number of aliphatic hydroxyl groups is 1. The van der Waals surface area contributed by atoms with Crippen LogP contribution < -0.4 is 5.73 Å². The van der Waals surface area contributed by atoms with Crippen molar-refractivity contribution in [3.05, 3.63) is 69.7 Å². The highest BCUT2D eigenvalue weighted by Gasteiger charge is 2.25. The van der Waals surface area contributed by atoms with E-state index in [0.29, 0.717) is 10.0 Å². The molecule has 2 nitrogen and oxygen atoms in total. The standard InChI is InChI=1S/C15H14BrF2NO/c16-13-4-2-1-3-11(13)15(20)12(8-19)10-6-5-9(17)7-14(10)18/h1-7,12,15,20H,8,19H2. The van der Waals surface area contributed by atoms with Crippen LogP contribution in [0.3, 0.4) is 0 Å². The van der Waals surface area contributed by atoms with Crippen LogP contribution in [0.25, 0.3) is 0 Å². The number of hydrogen-bond acceptors (Lipinski definition) is 2. The first-order chi connectivity index (χ1) is 9.54. The van der Waals surface area contributed by atoms with Gasteiger partial charge in [0.15, 0.2) is 0 Å². The molecule has 2 unspecified atom stereocenters. The second kappa shape index (κ2) is 6.43. The predicted octanol–water partition coefficient (Wildman–Crippen LogP) is 3.50. The van der Waals surface area contributed by atoms with E-state index in [9.17, 15) is 13.9 Å². The highest BCUT2D eigenvalue weighted by Crippen LogP contribution is 2.35. The molecule has 0 spiro atoms. The summed E-state index contributed by atoms with van der Waals surface area (Å²) in [5.41, 5.74) is 6.49. The molecule has 3 N–H and O–H groups in total. The van der Waals surface area contributed by atoms with Gasteiger partial charge in [-0.1, -0.05) is 40.2 Å². The SMILES string of the molecule is NCC(c1ccc(F)cc1F)C(O)c1ccccc1Br. The van der Waals surface area contributed by atoms with Crippen LogP contribution in [-0.4, -0.2) is 11.7 Å². The van der Waals surface area contributed by atoms with Gasteiger partial charge < -0.3 is 10.8 Å². The minimum absolute atomic E-state index is 0.0467. The summed E-state index contributed by atoms with van der Waals surface area (Å²) in [4.78, 5) is 0. The van der Waals surface area contributed by atoms with Gasteiger partial charge in [-0.3, -0.25) is 0 Å². The summed E-state index contributed by atoms with van der Waals surface area (Å²) < 4.78 is 27.5. The van der Waals surface area contributed by atoms with Crippen molar-refractivity contribution in [2.24, 2.45) is 5.73 Å². The Morgan fingerprint density at radius 2 is 1.80 bits per heavy atom. The lowest BCUT2D eigenvalue weighted by Gasteiger charge is -2.23. The molecule has 0 radical (unpaired) electrons. The van der Waals surface area contributed by atoms with Gasteiger partial charge in [0.05, 0.1) is 6.10 Å². The van der Waals surface area contributed by atoms with Crippen LogP contribution in [0.5, 0.6) is 0 Å². The van der Waals surface area contributed by atoms with E-state index in [1.807, 2.05) is 6.07 Å². The highest BCUT2D eigenvalue weighted by molar-refractivity contribution is 9.10. The van der Waals surface area contributed by atoms with Crippen LogP contribution in [0.15, 0.2) is 46.9 Å². The lowest BCUT2D eigenvalue weighted by molar-refractivity contribution is 0.145. The summed E-state index contributed by atoms with van der Waals surface area (Å²) in [5, 5.41) is 10.4. The van der Waals surface area contributed by atoms with E-state index in [4.69, 9.17) is 5.73 Å². The molecule has 2 aromatic carbocycles. The number of benzene rings is 2. The zero-order valence-corrected chi connectivity index (χ0v) is 12.1. The third-order valence-electron chi connectivity index (χ3n) is 3.22. The Morgan fingerprint density at radius 1 is 1.10 bits per heavy atom. The minimum atomic E-state index is -0.976. The fourth-order valence-electron chi connectivity index (χ4n) is 2.16. The molecule has 2 aromatic rings. The van der Waals surface area contributed by atoms with Crippen molar-refractivity contribution in [3.8, 4) is 0 Å². The molecule has 0 aliphatic rings. The van der Waals surface area contributed by atoms with Crippen molar-refractivity contribution >= 4 is 15.9 Å². The Bertz CT molecular complexity index is 606. The monoisotopic (exact) mass is 341 g/mol. The van der Waals surface area contributed by atoms with E-state index in [-0.39, 0.29) is 12.1 Å². The molecule has 0 aliphatic heterocycles. The summed E-state index contributed by atoms with van der Waals surface area (Å²) in [6.07, 6.45) is -0.976. The second-order valence-corrected chi connectivity index (χ2v) is 5.33. The maximum absolute atomic E-state index is 13.8. The lowest BCUT2D eigenvalue weighted by Crippen LogP contribution is -2.21. The van der Waals surface area contributed by atoms with Gasteiger partial charge in [-0.15, -0.1) is 0 Å². The molecule has 5 heteroatoms. The van der Waals surface area contributed by atoms with Crippen molar-refractivity contribution in [1.29, 1.82) is 0 Å². The van der Waals surface area contributed by atoms with E-state index in [1.54, 1.807) is 18.2 Å². The van der Waals surface area contributed by atoms with Gasteiger partial charge in [0.2, 0.25) is 0 Å². The topological polar surface area (TPSA) is 46.2 Å². The van der Waals surface area contributed by atoms with Crippen molar-refractivity contribution in [3.63, 3.8) is 0 Å². The molecular weight excluding hydrogens is 328 g/mol. The van der Waals surface area contributed by atoms with Gasteiger partial charge in [-0.2, -0.15) is 0 Å². The molecule has 2 rings (SSSR count). The van der Waals surface area contributed by atoms with Gasteiger partial charge in [-0.05, 0) is 23.3 Å². The molecule has 0 aliphatic carbocycles. The smallest absolute Gasteiger partial charge is 0.129 e. The number of hydrogen-bond donors (Lipinski definition) is 2. The maximum atomic E-state index is 13.8. The van der Waals surface area contributed by atoms with Crippen molar-refractivity contribution in [2.45, 2.75) is 12.0 Å². The summed E-state index contributed by atoms with van der Waals surface area (Å²) in [6, 6.07) is 10.4. The molecule has 0 aromatic heterocycles. The largest absolute Gasteiger partial charge is 0.388 e. The average Bonchev–Trinajstić information content (AvgIpc) is 2.42. The van der Waals surface area contributed by atoms with Crippen LogP contribution in [0.1, 0.15) is 23.1 Å². The number of aliphatic hydroxyl groups excluding tert-OH is 1. The first-order valence-corrected chi connectivity index (χ1v) is 6.91. The van der Waals surface area contributed by atoms with E-state index in [0.717, 1.165) is 12.1 Å². The normalized spacial score (nSPS) is 14.1. The van der Waals surface area contributed by atoms with Crippen LogP contribution >= 0.6 is 15.9 Å². The Balaban J connectivity index is 2.39. The van der Waals surface area contributed by atoms with E-state index in [1.165, 1.54) is 6.07 Å². The highest BCUT2D eigenvalue weighted by atomic mass is 79.9.